The van der Waals surface area contributed by atoms with Crippen molar-refractivity contribution in [3.63, 3.8) is 0 Å². The number of alkyl halides is 1. The van der Waals surface area contributed by atoms with Gasteiger partial charge in [0.15, 0.2) is 0 Å². The van der Waals surface area contributed by atoms with Crippen LogP contribution in [0.5, 0.6) is 0 Å². The highest BCUT2D eigenvalue weighted by atomic mass is 79.9. The molecule has 0 aromatic heterocycles. The zero-order valence-corrected chi connectivity index (χ0v) is 4.08. The number of hydrogen-bond donors (Lipinski definition) is 0. The molecule has 0 rings (SSSR count). The Labute approximate surface area is 34.1 Å². The minimum atomic E-state index is 1.81. The van der Waals surface area contributed by atoms with Crippen molar-refractivity contribution in [1.29, 1.82) is 0 Å². The predicted octanol–water partition coefficient (Wildman–Crippen LogP) is 0.826. The summed E-state index contributed by atoms with van der Waals surface area (Å²) in [5.74, 6) is 1.81. The first-order valence-electron chi connectivity index (χ1n) is 0.667. The van der Waals surface area contributed by atoms with Crippen LogP contribution in [0, 0.1) is 0 Å². The molecule has 0 N–H and O–H groups in total. The Balaban J connectivity index is 0. The summed E-state index contributed by atoms with van der Waals surface area (Å²) in [6.07, 6.45) is 0. The fraction of sp³-hybridized carbons (Fsp3) is 0.500. The Kier molecular flexibility index (Phi) is 1440. The van der Waals surface area contributed by atoms with E-state index < -0.39 is 0 Å². The Bertz CT molecular complexity index is 6.00. The normalized spacial score (nSPS) is 2.50. The van der Waals surface area contributed by atoms with Crippen molar-refractivity contribution in [2.45, 2.75) is 0 Å². The van der Waals surface area contributed by atoms with Gasteiger partial charge in [0.25, 0.3) is 0 Å². The lowest BCUT2D eigenvalue weighted by Crippen LogP contribution is -0.925. The molecular weight excluding hydrogens is 120 g/mol. The molecule has 0 heterocycles. The number of rotatable bonds is 0. The molecule has 2 heteroatoms. The average molecular weight is 125 g/mol. The van der Waals surface area contributed by atoms with Crippen LogP contribution in [-0.2, 0) is 4.79 Å². The molecule has 0 atom stereocenters. The zero-order valence-electron chi connectivity index (χ0n) is 2.49. The van der Waals surface area contributed by atoms with E-state index in [1.807, 2.05) is 12.6 Å². The van der Waals surface area contributed by atoms with Gasteiger partial charge in [-0.2, -0.15) is 0 Å². The van der Waals surface area contributed by atoms with Crippen molar-refractivity contribution < 1.29 is 4.79 Å². The van der Waals surface area contributed by atoms with Crippen LogP contribution < -0.4 is 0 Å². The van der Waals surface area contributed by atoms with Gasteiger partial charge in [0.05, 0.1) is 0 Å². The first-order valence-corrected chi connectivity index (χ1v) is 2.25. The van der Waals surface area contributed by atoms with Crippen LogP contribution in [0.4, 0.5) is 0 Å². The molecular formula is C2H5BrO. The van der Waals surface area contributed by atoms with Gasteiger partial charge >= 0.3 is 0 Å². The van der Waals surface area contributed by atoms with Gasteiger partial charge < -0.3 is 4.79 Å². The quantitative estimate of drug-likeness (QED) is 0.438. The fourth-order valence-corrected chi connectivity index (χ4v) is 0. The minimum absolute atomic E-state index is 1.81. The van der Waals surface area contributed by atoms with Crippen molar-refractivity contribution in [1.82, 2.24) is 0 Å². The van der Waals surface area contributed by atoms with E-state index in [0.29, 0.717) is 0 Å². The van der Waals surface area contributed by atoms with Gasteiger partial charge in [-0.05, 0) is 5.83 Å². The number of hydrogen-bond acceptors (Lipinski definition) is 1. The third-order valence-corrected chi connectivity index (χ3v) is 0. The average Bonchev–Trinajstić information content (AvgIpc) is 1.50. The summed E-state index contributed by atoms with van der Waals surface area (Å²) in [5, 5.41) is 0. The third kappa shape index (κ3) is 126. The summed E-state index contributed by atoms with van der Waals surface area (Å²) in [4.78, 5) is 8.00. The number of carbonyl (C=O) groups excluding carboxylic acids is 1. The second-order valence-corrected chi connectivity index (χ2v) is 0. The zero-order chi connectivity index (χ0) is 4.00. The SMILES string of the molecule is C=O.CBr. The molecule has 0 aliphatic rings. The van der Waals surface area contributed by atoms with Gasteiger partial charge in [-0.1, -0.05) is 15.9 Å². The Morgan fingerprint density at radius 2 is 1.50 bits per heavy atom. The highest BCUT2D eigenvalue weighted by Gasteiger charge is 0.948. The maximum absolute atomic E-state index is 8.00. The van der Waals surface area contributed by atoms with Gasteiger partial charge in [0, 0.05) is 0 Å². The molecule has 0 spiro atoms. The van der Waals surface area contributed by atoms with Crippen molar-refractivity contribution in [3.05, 3.63) is 0 Å². The predicted molar refractivity (Wildman–Crippen MR) is 22.0 cm³/mol. The van der Waals surface area contributed by atoms with E-state index in [-0.39, 0.29) is 0 Å². The topological polar surface area (TPSA) is 17.1 Å². The largest absolute Gasteiger partial charge is 0.307 e. The van der Waals surface area contributed by atoms with Gasteiger partial charge in [-0.15, -0.1) is 0 Å². The molecule has 0 bridgehead atoms. The second-order valence-electron chi connectivity index (χ2n) is 0. The molecule has 26 valence electrons. The van der Waals surface area contributed by atoms with Crippen LogP contribution in [0.15, 0.2) is 0 Å². The summed E-state index contributed by atoms with van der Waals surface area (Å²) in [6, 6.07) is 0. The lowest BCUT2D eigenvalue weighted by molar-refractivity contribution is -0.0979. The Morgan fingerprint density at radius 3 is 1.50 bits per heavy atom. The van der Waals surface area contributed by atoms with E-state index in [1.165, 1.54) is 0 Å². The molecule has 4 heavy (non-hydrogen) atoms. The second kappa shape index (κ2) is 647. The molecule has 0 aromatic rings. The van der Waals surface area contributed by atoms with Gasteiger partial charge in [0.2, 0.25) is 0 Å². The van der Waals surface area contributed by atoms with Gasteiger partial charge in [0.1, 0.15) is 6.79 Å². The Morgan fingerprint density at radius 1 is 1.50 bits per heavy atom. The van der Waals surface area contributed by atoms with Crippen LogP contribution in [0.1, 0.15) is 0 Å². The third-order valence-electron chi connectivity index (χ3n) is 0. The molecule has 0 aliphatic carbocycles. The van der Waals surface area contributed by atoms with Crippen LogP contribution in [0.3, 0.4) is 0 Å². The van der Waals surface area contributed by atoms with Crippen molar-refractivity contribution in [2.24, 2.45) is 0 Å². The number of carbonyl (C=O) groups is 1. The van der Waals surface area contributed by atoms with E-state index in [0.717, 1.165) is 0 Å². The van der Waals surface area contributed by atoms with E-state index in [9.17, 15) is 0 Å². The van der Waals surface area contributed by atoms with Crippen LogP contribution in [0.2, 0.25) is 0 Å². The van der Waals surface area contributed by atoms with E-state index in [2.05, 4.69) is 15.9 Å². The lowest BCUT2D eigenvalue weighted by atomic mass is 11.9. The smallest absolute Gasteiger partial charge is 0.106 e. The van der Waals surface area contributed by atoms with Crippen LogP contribution in [0.25, 0.3) is 0 Å². The molecule has 0 aromatic carbocycles. The number of halogens is 1. The molecule has 1 nitrogen and oxygen atoms in total. The van der Waals surface area contributed by atoms with Crippen LogP contribution in [-0.4, -0.2) is 12.6 Å². The van der Waals surface area contributed by atoms with Crippen molar-refractivity contribution in [3.8, 4) is 0 Å². The monoisotopic (exact) mass is 124 g/mol. The molecule has 0 radical (unpaired) electrons. The fourth-order valence-electron chi connectivity index (χ4n) is 0. The van der Waals surface area contributed by atoms with E-state index >= 15 is 0 Å². The molecule has 0 aliphatic heterocycles. The van der Waals surface area contributed by atoms with E-state index in [4.69, 9.17) is 4.79 Å². The molecule has 0 saturated carbocycles. The maximum atomic E-state index is 8.00. The molecule has 0 unspecified atom stereocenters. The van der Waals surface area contributed by atoms with Crippen molar-refractivity contribution in [2.75, 3.05) is 5.83 Å². The minimum Gasteiger partial charge on any atom is -0.307 e. The lowest BCUT2D eigenvalue weighted by Gasteiger charge is -1.05. The summed E-state index contributed by atoms with van der Waals surface area (Å²) in [5.41, 5.74) is 0. The summed E-state index contributed by atoms with van der Waals surface area (Å²) in [6.45, 7) is 2.00. The highest BCUT2D eigenvalue weighted by Crippen LogP contribution is 1.45. The summed E-state index contributed by atoms with van der Waals surface area (Å²) in [7, 11) is 0. The Hall–Kier alpha value is 0.150. The van der Waals surface area contributed by atoms with Crippen LogP contribution >= 0.6 is 15.9 Å². The maximum Gasteiger partial charge on any atom is 0.106 e. The first-order chi connectivity index (χ1) is 2.00. The standard InChI is InChI=1S/CH3Br.CH2O/c2*1-2/h1H3;1H2. The van der Waals surface area contributed by atoms with Gasteiger partial charge in [-0.25, -0.2) is 0 Å². The summed E-state index contributed by atoms with van der Waals surface area (Å²) < 4.78 is 0. The first kappa shape index (κ1) is 8.91. The molecule has 0 fully saturated rings. The summed E-state index contributed by atoms with van der Waals surface area (Å²) >= 11 is 2.94. The highest BCUT2D eigenvalue weighted by molar-refractivity contribution is 9.08. The molecule has 0 amide bonds. The van der Waals surface area contributed by atoms with Crippen molar-refractivity contribution >= 4 is 22.7 Å². The molecule has 0 saturated heterocycles. The van der Waals surface area contributed by atoms with Gasteiger partial charge in [-0.3, -0.25) is 0 Å². The van der Waals surface area contributed by atoms with E-state index in [1.54, 1.807) is 0 Å².